The highest BCUT2D eigenvalue weighted by Crippen LogP contribution is 2.41. The molecule has 1 aliphatic rings. The van der Waals surface area contributed by atoms with Gasteiger partial charge in [0.15, 0.2) is 10.3 Å². The van der Waals surface area contributed by atoms with Gasteiger partial charge in [-0.1, -0.05) is 24.3 Å². The van der Waals surface area contributed by atoms with Crippen LogP contribution in [0.2, 0.25) is 0 Å². The van der Waals surface area contributed by atoms with Crippen LogP contribution in [0.1, 0.15) is 51.8 Å². The van der Waals surface area contributed by atoms with E-state index in [0.29, 0.717) is 22.7 Å². The lowest BCUT2D eigenvalue weighted by Gasteiger charge is -2.09. The SMILES string of the molecule is Cc1cc(C)c2nc(C3CC3)n(Cc3ccc4c(OC(=O)c5ccccc5)oc(Br)c4c3)c2n1. The maximum atomic E-state index is 12.5. The molecule has 0 N–H and O–H groups in total. The van der Waals surface area contributed by atoms with Crippen molar-refractivity contribution in [3.8, 4) is 5.95 Å². The molecule has 6 nitrogen and oxygen atoms in total. The molecular weight excluding hydrogens is 494 g/mol. The summed E-state index contributed by atoms with van der Waals surface area (Å²) in [5.74, 6) is 1.34. The zero-order valence-electron chi connectivity index (χ0n) is 18.8. The number of aromatic nitrogens is 3. The van der Waals surface area contributed by atoms with E-state index in [-0.39, 0.29) is 5.95 Å². The average molecular weight is 516 g/mol. The fourth-order valence-corrected chi connectivity index (χ4v) is 4.90. The van der Waals surface area contributed by atoms with Crippen molar-refractivity contribution in [2.45, 2.75) is 39.2 Å². The standard InChI is InChI=1S/C27H22BrN3O3/c1-15-12-16(2)29-25-22(15)30-24(18-9-10-18)31(25)14-17-8-11-20-21(13-17)23(28)33-27(20)34-26(32)19-6-4-3-5-7-19/h3-8,11-13,18H,9-10,14H2,1-2H3. The number of carbonyl (C=O) groups excluding carboxylic acids is 1. The van der Waals surface area contributed by atoms with Gasteiger partial charge in [-0.15, -0.1) is 0 Å². The van der Waals surface area contributed by atoms with Crippen LogP contribution >= 0.6 is 15.9 Å². The highest BCUT2D eigenvalue weighted by atomic mass is 79.9. The van der Waals surface area contributed by atoms with Gasteiger partial charge in [0.1, 0.15) is 11.3 Å². The van der Waals surface area contributed by atoms with Gasteiger partial charge in [-0.25, -0.2) is 14.8 Å². The smallest absolute Gasteiger partial charge is 0.345 e. The summed E-state index contributed by atoms with van der Waals surface area (Å²) in [5, 5.41) is 1.59. The van der Waals surface area contributed by atoms with E-state index in [2.05, 4.69) is 39.6 Å². The van der Waals surface area contributed by atoms with Crippen molar-refractivity contribution in [3.63, 3.8) is 0 Å². The van der Waals surface area contributed by atoms with Crippen LogP contribution in [-0.2, 0) is 6.54 Å². The molecule has 0 atom stereocenters. The molecule has 0 aliphatic heterocycles. The second kappa shape index (κ2) is 8.09. The Kier molecular flexibility index (Phi) is 5.03. The van der Waals surface area contributed by atoms with Gasteiger partial charge in [0, 0.05) is 17.0 Å². The van der Waals surface area contributed by atoms with Gasteiger partial charge >= 0.3 is 11.9 Å². The number of esters is 1. The molecule has 0 unspecified atom stereocenters. The quantitative estimate of drug-likeness (QED) is 0.243. The van der Waals surface area contributed by atoms with Gasteiger partial charge in [0.05, 0.1) is 17.5 Å². The molecule has 0 spiro atoms. The van der Waals surface area contributed by atoms with Crippen molar-refractivity contribution in [1.82, 2.24) is 14.5 Å². The maximum Gasteiger partial charge on any atom is 0.345 e. The molecule has 170 valence electrons. The van der Waals surface area contributed by atoms with Crippen LogP contribution in [0.5, 0.6) is 5.95 Å². The van der Waals surface area contributed by atoms with Gasteiger partial charge in [-0.3, -0.25) is 0 Å². The van der Waals surface area contributed by atoms with E-state index < -0.39 is 5.97 Å². The normalized spacial score (nSPS) is 13.6. The van der Waals surface area contributed by atoms with E-state index in [4.69, 9.17) is 19.1 Å². The average Bonchev–Trinajstić information content (AvgIpc) is 3.55. The summed E-state index contributed by atoms with van der Waals surface area (Å²) in [6.45, 7) is 4.77. The topological polar surface area (TPSA) is 70.2 Å². The molecule has 0 saturated heterocycles. The van der Waals surface area contributed by atoms with Crippen LogP contribution in [-0.4, -0.2) is 20.5 Å². The summed E-state index contributed by atoms with van der Waals surface area (Å²) in [6, 6.07) is 17.0. The molecule has 0 amide bonds. The fraction of sp³-hybridized carbons (Fsp3) is 0.222. The zero-order valence-corrected chi connectivity index (χ0v) is 20.4. The van der Waals surface area contributed by atoms with Gasteiger partial charge in [-0.05, 0) is 84.1 Å². The minimum absolute atomic E-state index is 0.182. The number of hydrogen-bond donors (Lipinski definition) is 0. The first-order valence-electron chi connectivity index (χ1n) is 11.3. The Morgan fingerprint density at radius 2 is 1.88 bits per heavy atom. The van der Waals surface area contributed by atoms with Gasteiger partial charge in [-0.2, -0.15) is 0 Å². The van der Waals surface area contributed by atoms with Crippen molar-refractivity contribution >= 4 is 43.8 Å². The van der Waals surface area contributed by atoms with Crippen LogP contribution in [0.3, 0.4) is 0 Å². The summed E-state index contributed by atoms with van der Waals surface area (Å²) in [7, 11) is 0. The summed E-state index contributed by atoms with van der Waals surface area (Å²) in [5.41, 5.74) is 5.62. The molecule has 3 heterocycles. The number of imidazole rings is 1. The predicted octanol–water partition coefficient (Wildman–Crippen LogP) is 6.70. The number of nitrogens with zero attached hydrogens (tertiary/aromatic N) is 3. The maximum absolute atomic E-state index is 12.5. The van der Waals surface area contributed by atoms with E-state index in [1.807, 2.05) is 25.1 Å². The summed E-state index contributed by atoms with van der Waals surface area (Å²) in [4.78, 5) is 22.3. The second-order valence-electron chi connectivity index (χ2n) is 8.88. The van der Waals surface area contributed by atoms with E-state index in [0.717, 1.165) is 44.6 Å². The highest BCUT2D eigenvalue weighted by Gasteiger charge is 2.30. The molecule has 2 aromatic carbocycles. The third kappa shape index (κ3) is 3.70. The molecule has 0 bridgehead atoms. The van der Waals surface area contributed by atoms with Crippen LogP contribution in [0, 0.1) is 13.8 Å². The predicted molar refractivity (Wildman–Crippen MR) is 133 cm³/mol. The number of carbonyl (C=O) groups is 1. The van der Waals surface area contributed by atoms with E-state index in [1.54, 1.807) is 24.3 Å². The first-order chi connectivity index (χ1) is 16.5. The summed E-state index contributed by atoms with van der Waals surface area (Å²) >= 11 is 3.49. The van der Waals surface area contributed by atoms with Crippen molar-refractivity contribution in [1.29, 1.82) is 0 Å². The monoisotopic (exact) mass is 515 g/mol. The van der Waals surface area contributed by atoms with Crippen molar-refractivity contribution in [2.75, 3.05) is 0 Å². The molecule has 34 heavy (non-hydrogen) atoms. The number of furan rings is 1. The first kappa shape index (κ1) is 21.1. The number of rotatable bonds is 5. The Labute approximate surface area is 204 Å². The molecule has 3 aromatic heterocycles. The number of halogens is 1. The third-order valence-electron chi connectivity index (χ3n) is 6.23. The van der Waals surface area contributed by atoms with Gasteiger partial charge in [0.2, 0.25) is 0 Å². The molecule has 1 fully saturated rings. The molecule has 7 heteroatoms. The zero-order chi connectivity index (χ0) is 23.4. The van der Waals surface area contributed by atoms with Crippen LogP contribution in [0.4, 0.5) is 0 Å². The lowest BCUT2D eigenvalue weighted by atomic mass is 10.1. The molecule has 0 radical (unpaired) electrons. The van der Waals surface area contributed by atoms with Crippen molar-refractivity contribution < 1.29 is 13.9 Å². The lowest BCUT2D eigenvalue weighted by Crippen LogP contribution is -2.07. The van der Waals surface area contributed by atoms with Crippen molar-refractivity contribution in [2.24, 2.45) is 0 Å². The van der Waals surface area contributed by atoms with E-state index >= 15 is 0 Å². The van der Waals surface area contributed by atoms with Crippen LogP contribution < -0.4 is 4.74 Å². The summed E-state index contributed by atoms with van der Waals surface area (Å²) < 4.78 is 14.1. The van der Waals surface area contributed by atoms with Crippen LogP contribution in [0.25, 0.3) is 21.9 Å². The summed E-state index contributed by atoms with van der Waals surface area (Å²) in [6.07, 6.45) is 2.34. The highest BCUT2D eigenvalue weighted by molar-refractivity contribution is 9.10. The number of ether oxygens (including phenoxy) is 1. The molecule has 5 aromatic rings. The van der Waals surface area contributed by atoms with E-state index in [9.17, 15) is 4.79 Å². The lowest BCUT2D eigenvalue weighted by molar-refractivity contribution is 0.0695. The fourth-order valence-electron chi connectivity index (χ4n) is 4.43. The minimum Gasteiger partial charge on any atom is -0.417 e. The number of hydrogen-bond acceptors (Lipinski definition) is 5. The van der Waals surface area contributed by atoms with Crippen molar-refractivity contribution in [3.05, 3.63) is 87.5 Å². The van der Waals surface area contributed by atoms with Gasteiger partial charge < -0.3 is 13.7 Å². The Morgan fingerprint density at radius 3 is 2.65 bits per heavy atom. The molecule has 1 aliphatic carbocycles. The number of fused-ring (bicyclic) bond motifs is 2. The Balaban J connectivity index is 1.36. The number of aryl methyl sites for hydroxylation is 2. The Morgan fingerprint density at radius 1 is 1.09 bits per heavy atom. The minimum atomic E-state index is -0.455. The Bertz CT molecular complexity index is 1570. The molecule has 6 rings (SSSR count). The largest absolute Gasteiger partial charge is 0.417 e. The molecular formula is C27H22BrN3O3. The van der Waals surface area contributed by atoms with E-state index in [1.165, 1.54) is 12.8 Å². The Hall–Kier alpha value is -3.45. The second-order valence-corrected chi connectivity index (χ2v) is 9.60. The number of benzene rings is 2. The third-order valence-corrected chi connectivity index (χ3v) is 6.82. The number of pyridine rings is 1. The molecule has 1 saturated carbocycles. The first-order valence-corrected chi connectivity index (χ1v) is 12.1. The van der Waals surface area contributed by atoms with Gasteiger partial charge in [0.25, 0.3) is 0 Å². The van der Waals surface area contributed by atoms with Crippen LogP contribution in [0.15, 0.2) is 63.7 Å².